The molecule has 15 N–H and O–H groups in total. The second-order valence-corrected chi connectivity index (χ2v) is 21.3. The minimum Gasteiger partial charge on any atom is -0.508 e. The minimum atomic E-state index is -2.07. The fourth-order valence-corrected chi connectivity index (χ4v) is 9.38. The second kappa shape index (κ2) is 34.5. The van der Waals surface area contributed by atoms with Crippen LogP contribution in [0.25, 0.3) is 0 Å². The first-order chi connectivity index (χ1) is 41.2. The van der Waals surface area contributed by atoms with E-state index in [0.29, 0.717) is 24.0 Å². The summed E-state index contributed by atoms with van der Waals surface area (Å²) in [5.74, 6) is -16.4. The summed E-state index contributed by atoms with van der Waals surface area (Å²) in [6.45, 7) is 6.18. The van der Waals surface area contributed by atoms with E-state index in [4.69, 9.17) is 5.73 Å². The number of amides is 9. The Morgan fingerprint density at radius 3 is 1.46 bits per heavy atom. The number of nitrogens with zero attached hydrogens (tertiary/aromatic N) is 1. The quantitative estimate of drug-likeness (QED) is 0.0344. The Bertz CT molecular complexity index is 2920. The van der Waals surface area contributed by atoms with E-state index in [1.165, 1.54) is 41.3 Å². The average Bonchev–Trinajstić information content (AvgIpc) is 3.18. The fraction of sp³-hybridized carbons (Fsp3) is 0.475. The van der Waals surface area contributed by atoms with Gasteiger partial charge in [0.2, 0.25) is 53.2 Å². The fourth-order valence-electron chi connectivity index (χ4n) is 9.38. The molecule has 4 rings (SSSR count). The van der Waals surface area contributed by atoms with Crippen molar-refractivity contribution in [2.75, 3.05) is 13.1 Å². The first-order valence-corrected chi connectivity index (χ1v) is 28.4. The molecule has 0 aliphatic carbocycles. The van der Waals surface area contributed by atoms with E-state index in [1.807, 2.05) is 0 Å². The molecule has 1 aliphatic rings. The molecule has 11 atom stereocenters. The van der Waals surface area contributed by atoms with Gasteiger partial charge in [-0.2, -0.15) is 0 Å². The summed E-state index contributed by atoms with van der Waals surface area (Å²) in [6.07, 6.45) is -3.15. The molecule has 0 bridgehead atoms. The lowest BCUT2D eigenvalue weighted by Crippen LogP contribution is -2.61. The summed E-state index contributed by atoms with van der Waals surface area (Å²) in [5.41, 5.74) is 7.58. The highest BCUT2D eigenvalue weighted by Crippen LogP contribution is 2.23. The summed E-state index contributed by atoms with van der Waals surface area (Å²) < 4.78 is 0. The number of hydrogen-bond donors (Lipinski definition) is 14. The highest BCUT2D eigenvalue weighted by atomic mass is 16.4. The lowest BCUT2D eigenvalue weighted by Gasteiger charge is -2.32. The van der Waals surface area contributed by atoms with Gasteiger partial charge in [-0.3, -0.25) is 57.5 Å². The summed E-state index contributed by atoms with van der Waals surface area (Å²) in [4.78, 5) is 175. The molecule has 87 heavy (non-hydrogen) atoms. The number of carboxylic acid groups (broad SMARTS) is 4. The number of aromatic hydroxyl groups is 1. The maximum Gasteiger partial charge on any atom is 0.326 e. The topological polar surface area (TPSA) is 449 Å². The summed E-state index contributed by atoms with van der Waals surface area (Å²) in [5, 5.41) is 68.5. The number of carbonyl (C=O) groups is 13. The number of carboxylic acids is 4. The number of rotatable bonds is 35. The molecule has 9 amide bonds. The predicted octanol–water partition coefficient (Wildman–Crippen LogP) is -0.761. The van der Waals surface area contributed by atoms with E-state index in [2.05, 4.69) is 42.5 Å². The first kappa shape index (κ1) is 70.0. The van der Waals surface area contributed by atoms with Gasteiger partial charge in [0, 0.05) is 25.8 Å². The van der Waals surface area contributed by atoms with Crippen molar-refractivity contribution >= 4 is 77.0 Å². The Balaban J connectivity index is 1.56. The van der Waals surface area contributed by atoms with Crippen molar-refractivity contribution < 1.29 is 87.9 Å². The molecule has 1 heterocycles. The van der Waals surface area contributed by atoms with Crippen molar-refractivity contribution in [3.05, 3.63) is 102 Å². The van der Waals surface area contributed by atoms with Gasteiger partial charge >= 0.3 is 23.9 Å². The zero-order valence-electron chi connectivity index (χ0n) is 48.7. The Labute approximate surface area is 501 Å². The lowest BCUT2D eigenvalue weighted by atomic mass is 9.97. The lowest BCUT2D eigenvalue weighted by molar-refractivity contribution is -0.144. The number of nitrogens with one attached hydrogen (secondary N) is 8. The van der Waals surface area contributed by atoms with Crippen LogP contribution in [0, 0.1) is 11.8 Å². The predicted molar refractivity (Wildman–Crippen MR) is 309 cm³/mol. The Hall–Kier alpha value is -9.47. The number of phenols is 1. The second-order valence-electron chi connectivity index (χ2n) is 21.3. The zero-order valence-corrected chi connectivity index (χ0v) is 48.7. The smallest absolute Gasteiger partial charge is 0.326 e. The van der Waals surface area contributed by atoms with E-state index >= 15 is 0 Å². The SMILES string of the molecule is CC[C@H](C)[C@H](NC(=O)[C@H](Cc1ccc(O)cc1)NC(=O)[C@H](CC(=O)O)NC(=O)[C@H](Cc1ccccc1)NC(=O)[C@H](CC(=O)O)NC(=O)[C@H](CCC(=O)O)NC(=O)[C@@H]1CCCN1C(=O)[C@@H](NC(=O)CNC(=O)[C@@H](N)Cc1ccccc1)[C@@H](C)CC)C(=O)O. The highest BCUT2D eigenvalue weighted by Gasteiger charge is 2.41. The number of phenolic OH excluding ortho intramolecular Hbond substituents is 1. The van der Waals surface area contributed by atoms with Crippen molar-refractivity contribution in [1.29, 1.82) is 0 Å². The Kier molecular flexibility index (Phi) is 27.7. The molecule has 472 valence electrons. The summed E-state index contributed by atoms with van der Waals surface area (Å²) in [6, 6.07) is 8.02. The molecule has 0 unspecified atom stereocenters. The van der Waals surface area contributed by atoms with Crippen LogP contribution < -0.4 is 48.3 Å². The van der Waals surface area contributed by atoms with Crippen LogP contribution in [0.15, 0.2) is 84.9 Å². The number of hydrogen-bond acceptors (Lipinski definition) is 15. The van der Waals surface area contributed by atoms with Gasteiger partial charge in [0.1, 0.15) is 54.1 Å². The molecule has 1 fully saturated rings. The molecule has 3 aromatic rings. The van der Waals surface area contributed by atoms with Crippen LogP contribution in [0.5, 0.6) is 5.75 Å². The molecule has 28 heteroatoms. The van der Waals surface area contributed by atoms with E-state index in [1.54, 1.807) is 76.2 Å². The van der Waals surface area contributed by atoms with Crippen LogP contribution in [0.3, 0.4) is 0 Å². The van der Waals surface area contributed by atoms with Crippen molar-refractivity contribution in [1.82, 2.24) is 47.4 Å². The number of nitrogens with two attached hydrogens (primary N) is 1. The van der Waals surface area contributed by atoms with Crippen LogP contribution in [-0.2, 0) is 81.6 Å². The highest BCUT2D eigenvalue weighted by molar-refractivity contribution is 6.00. The standard InChI is InChI=1S/C59H78N10O18/c1-5-32(3)49(67-45(71)31-61-51(78)38(60)26-34-14-9-7-10-15-34)58(85)69-25-13-18-44(69)57(84)62-39(23-24-46(72)73)52(79)65-42(29-47(74)75)54(81)63-40(27-35-16-11-8-12-17-35)53(80)66-43(30-48(76)77)55(82)64-41(28-36-19-21-37(70)22-20-36)56(83)68-50(59(86)87)33(4)6-2/h7-12,14-17,19-22,32-33,38-44,49-50,70H,5-6,13,18,23-31,60H2,1-4H3,(H,61,78)(H,62,84)(H,63,81)(H,64,82)(H,65,79)(H,66,80)(H,67,71)(H,68,83)(H,72,73)(H,74,75)(H,76,77)(H,86,87)/t32-,33-,38-,39-,40-,41-,42-,43-,44-,49-,50-/m0/s1. The third-order valence-electron chi connectivity index (χ3n) is 14.7. The van der Waals surface area contributed by atoms with Gasteiger partial charge < -0.3 is 78.7 Å². The van der Waals surface area contributed by atoms with Gasteiger partial charge in [0.25, 0.3) is 0 Å². The van der Waals surface area contributed by atoms with Crippen molar-refractivity contribution in [3.63, 3.8) is 0 Å². The third kappa shape index (κ3) is 22.8. The van der Waals surface area contributed by atoms with Gasteiger partial charge in [0.05, 0.1) is 25.4 Å². The Morgan fingerprint density at radius 1 is 0.529 bits per heavy atom. The van der Waals surface area contributed by atoms with Crippen LogP contribution in [0.4, 0.5) is 0 Å². The average molecular weight is 1220 g/mol. The van der Waals surface area contributed by atoms with Crippen molar-refractivity contribution in [2.24, 2.45) is 17.6 Å². The normalized spacial score (nSPS) is 16.2. The van der Waals surface area contributed by atoms with E-state index < -0.39 is 182 Å². The molecule has 0 saturated carbocycles. The maximum absolute atomic E-state index is 14.3. The van der Waals surface area contributed by atoms with Crippen LogP contribution in [0.2, 0.25) is 0 Å². The molecule has 0 spiro atoms. The van der Waals surface area contributed by atoms with Crippen molar-refractivity contribution in [2.45, 2.75) is 153 Å². The van der Waals surface area contributed by atoms with Gasteiger partial charge in [-0.25, -0.2) is 4.79 Å². The number of aliphatic carboxylic acids is 4. The molecular weight excluding hydrogens is 1140 g/mol. The number of likely N-dealkylation sites (tertiary alicyclic amines) is 1. The zero-order chi connectivity index (χ0) is 64.5. The number of benzene rings is 3. The summed E-state index contributed by atoms with van der Waals surface area (Å²) >= 11 is 0. The van der Waals surface area contributed by atoms with Crippen LogP contribution in [-0.4, -0.2) is 175 Å². The molecule has 3 aromatic carbocycles. The van der Waals surface area contributed by atoms with E-state index in [-0.39, 0.29) is 38.0 Å². The third-order valence-corrected chi connectivity index (χ3v) is 14.7. The van der Waals surface area contributed by atoms with Gasteiger partial charge in [-0.15, -0.1) is 0 Å². The van der Waals surface area contributed by atoms with Gasteiger partial charge in [-0.1, -0.05) is 113 Å². The van der Waals surface area contributed by atoms with E-state index in [9.17, 15) is 87.9 Å². The Morgan fingerprint density at radius 2 is 0.977 bits per heavy atom. The molecule has 1 aliphatic heterocycles. The van der Waals surface area contributed by atoms with Gasteiger partial charge in [0.15, 0.2) is 0 Å². The largest absolute Gasteiger partial charge is 0.508 e. The molecular formula is C59H78N10O18. The van der Waals surface area contributed by atoms with Crippen LogP contribution in [0.1, 0.15) is 95.8 Å². The minimum absolute atomic E-state index is 0.0172. The summed E-state index contributed by atoms with van der Waals surface area (Å²) in [7, 11) is 0. The van der Waals surface area contributed by atoms with Crippen molar-refractivity contribution in [3.8, 4) is 5.75 Å². The van der Waals surface area contributed by atoms with Crippen LogP contribution >= 0.6 is 0 Å². The molecule has 28 nitrogen and oxygen atoms in total. The molecule has 0 radical (unpaired) electrons. The molecule has 0 aromatic heterocycles. The van der Waals surface area contributed by atoms with Gasteiger partial charge in [-0.05, 0) is 66.3 Å². The maximum atomic E-state index is 14.3. The monoisotopic (exact) mass is 1210 g/mol. The molecule has 1 saturated heterocycles. The number of carbonyl (C=O) groups excluding carboxylic acids is 9. The van der Waals surface area contributed by atoms with E-state index in [0.717, 1.165) is 5.56 Å². The first-order valence-electron chi connectivity index (χ1n) is 28.4.